The Labute approximate surface area is 201 Å². The first-order valence-corrected chi connectivity index (χ1v) is 11.3. The number of aryl methyl sites for hydroxylation is 3. The Bertz CT molecular complexity index is 1860. The summed E-state index contributed by atoms with van der Waals surface area (Å²) in [5, 5.41) is 23.6. The minimum absolute atomic E-state index is 0.0473. The largest absolute Gasteiger partial charge is 0.336 e. The van der Waals surface area contributed by atoms with E-state index >= 15 is 0 Å². The van der Waals surface area contributed by atoms with Crippen LogP contribution in [0.2, 0.25) is 0 Å². The van der Waals surface area contributed by atoms with Crippen LogP contribution in [0, 0.1) is 35.4 Å². The average Bonchev–Trinajstić information content (AvgIpc) is 3.45. The van der Waals surface area contributed by atoms with E-state index in [9.17, 15) is 19.2 Å². The molecule has 0 aliphatic heterocycles. The number of aromatic nitrogens is 5. The van der Waals surface area contributed by atoms with E-state index in [4.69, 9.17) is 5.26 Å². The second-order valence-corrected chi connectivity index (χ2v) is 8.98. The first kappa shape index (κ1) is 22.2. The number of fused-ring (bicyclic) bond motifs is 2. The average molecular weight is 486 g/mol. The van der Waals surface area contributed by atoms with E-state index in [2.05, 4.69) is 10.1 Å². The van der Waals surface area contributed by atoms with Gasteiger partial charge in [0.2, 0.25) is 0 Å². The molecule has 172 valence electrons. The number of pyridine rings is 1. The van der Waals surface area contributed by atoms with E-state index in [0.717, 1.165) is 22.0 Å². The first-order valence-electron chi connectivity index (χ1n) is 10.5. The fraction of sp³-hybridized carbons (Fsp3) is 0.167. The van der Waals surface area contributed by atoms with Crippen LogP contribution < -0.4 is 11.2 Å². The van der Waals surface area contributed by atoms with Crippen LogP contribution in [0.5, 0.6) is 0 Å². The Morgan fingerprint density at radius 1 is 1.14 bits per heavy atom. The highest BCUT2D eigenvalue weighted by atomic mass is 32.1. The molecule has 0 radical (unpaired) electrons. The monoisotopic (exact) mass is 485 g/mol. The lowest BCUT2D eigenvalue weighted by Crippen LogP contribution is -2.38. The zero-order chi connectivity index (χ0) is 24.9. The Morgan fingerprint density at radius 2 is 1.94 bits per heavy atom. The van der Waals surface area contributed by atoms with Gasteiger partial charge in [-0.1, -0.05) is 0 Å². The van der Waals surface area contributed by atoms with Gasteiger partial charge in [0.1, 0.15) is 10.5 Å². The van der Waals surface area contributed by atoms with Crippen LogP contribution >= 0.6 is 11.3 Å². The molecule has 4 aromatic heterocycles. The molecular formula is C24H16FN7O2S. The van der Waals surface area contributed by atoms with Crippen molar-refractivity contribution in [3.63, 3.8) is 0 Å². The summed E-state index contributed by atoms with van der Waals surface area (Å²) in [6.07, 6.45) is 4.66. The minimum atomic E-state index is -0.617. The van der Waals surface area contributed by atoms with Crippen LogP contribution in [-0.4, -0.2) is 23.9 Å². The van der Waals surface area contributed by atoms with Crippen LogP contribution in [0.3, 0.4) is 0 Å². The van der Waals surface area contributed by atoms with Gasteiger partial charge < -0.3 is 0 Å². The van der Waals surface area contributed by atoms with Crippen molar-refractivity contribution in [3.8, 4) is 28.3 Å². The van der Waals surface area contributed by atoms with Gasteiger partial charge in [-0.3, -0.25) is 19.0 Å². The summed E-state index contributed by atoms with van der Waals surface area (Å²) in [6, 6.07) is 8.38. The quantitative estimate of drug-likeness (QED) is 0.385. The van der Waals surface area contributed by atoms with Crippen molar-refractivity contribution in [1.82, 2.24) is 23.9 Å². The molecule has 9 nitrogen and oxygen atoms in total. The fourth-order valence-corrected chi connectivity index (χ4v) is 5.25. The molecule has 0 amide bonds. The lowest BCUT2D eigenvalue weighted by Gasteiger charge is -2.12. The zero-order valence-electron chi connectivity index (χ0n) is 18.6. The highest BCUT2D eigenvalue weighted by Crippen LogP contribution is 2.35. The third kappa shape index (κ3) is 3.41. The minimum Gasteiger partial charge on any atom is -0.291 e. The normalized spacial score (nSPS) is 11.1. The van der Waals surface area contributed by atoms with Crippen molar-refractivity contribution >= 4 is 32.5 Å². The summed E-state index contributed by atoms with van der Waals surface area (Å²) in [4.78, 5) is 32.0. The summed E-state index contributed by atoms with van der Waals surface area (Å²) in [5.74, 6) is -0.503. The van der Waals surface area contributed by atoms with Crippen molar-refractivity contribution in [2.45, 2.75) is 19.9 Å². The molecule has 0 saturated heterocycles. The van der Waals surface area contributed by atoms with Crippen LogP contribution in [0.15, 0.2) is 46.4 Å². The van der Waals surface area contributed by atoms with E-state index in [1.807, 2.05) is 12.1 Å². The molecule has 0 aliphatic rings. The lowest BCUT2D eigenvalue weighted by atomic mass is 10.0. The summed E-state index contributed by atoms with van der Waals surface area (Å²) < 4.78 is 18.3. The van der Waals surface area contributed by atoms with E-state index in [1.54, 1.807) is 43.2 Å². The molecule has 0 unspecified atom stereocenters. The first-order chi connectivity index (χ1) is 16.8. The molecule has 1 aromatic carbocycles. The fourth-order valence-electron chi connectivity index (χ4n) is 4.12. The summed E-state index contributed by atoms with van der Waals surface area (Å²) in [5.41, 5.74) is 0.948. The standard InChI is InChI=1S/C24H16FN7O2S/c1-13-6-16(14(9-27)7-17(13)25)20-8-18-22(35-20)23(33)32(24(34)31(18)5-3-4-26)19-12-28-10-15-11-29-30(2)21(15)19/h6-8,10-12H,3,5H2,1-2H3. The lowest BCUT2D eigenvalue weighted by molar-refractivity contribution is 0.618. The molecule has 0 aliphatic carbocycles. The number of thiophene rings is 1. The molecule has 0 saturated carbocycles. The molecule has 0 N–H and O–H groups in total. The second kappa shape index (κ2) is 8.31. The smallest absolute Gasteiger partial charge is 0.291 e. The number of nitriles is 2. The molecule has 0 fully saturated rings. The molecule has 35 heavy (non-hydrogen) atoms. The van der Waals surface area contributed by atoms with Crippen LogP contribution in [-0.2, 0) is 13.6 Å². The highest BCUT2D eigenvalue weighted by Gasteiger charge is 2.22. The van der Waals surface area contributed by atoms with Gasteiger partial charge in [-0.15, -0.1) is 11.3 Å². The van der Waals surface area contributed by atoms with E-state index in [0.29, 0.717) is 32.4 Å². The maximum Gasteiger partial charge on any atom is 0.336 e. The molecule has 5 aromatic rings. The van der Waals surface area contributed by atoms with Crippen molar-refractivity contribution in [2.75, 3.05) is 0 Å². The van der Waals surface area contributed by atoms with Crippen molar-refractivity contribution in [1.29, 1.82) is 10.5 Å². The molecular weight excluding hydrogens is 469 g/mol. The van der Waals surface area contributed by atoms with Crippen molar-refractivity contribution in [3.05, 3.63) is 74.6 Å². The third-order valence-corrected chi connectivity index (χ3v) is 6.96. The van der Waals surface area contributed by atoms with Crippen LogP contribution in [0.25, 0.3) is 37.2 Å². The van der Waals surface area contributed by atoms with Crippen LogP contribution in [0.1, 0.15) is 17.5 Å². The number of hydrogen-bond donors (Lipinski definition) is 0. The molecule has 0 spiro atoms. The van der Waals surface area contributed by atoms with Gasteiger partial charge in [-0.2, -0.15) is 15.6 Å². The maximum absolute atomic E-state index is 14.1. The predicted octanol–water partition coefficient (Wildman–Crippen LogP) is 3.40. The van der Waals surface area contributed by atoms with Crippen molar-refractivity contribution < 1.29 is 4.39 Å². The number of halogens is 1. The van der Waals surface area contributed by atoms with E-state index in [-0.39, 0.29) is 28.9 Å². The van der Waals surface area contributed by atoms with Crippen molar-refractivity contribution in [2.24, 2.45) is 7.05 Å². The SMILES string of the molecule is Cc1cc(-c2cc3c(s2)c(=O)n(-c2cncc4cnn(C)c24)c(=O)n3CCC#N)c(C#N)cc1F. The van der Waals surface area contributed by atoms with Gasteiger partial charge in [0.15, 0.2) is 0 Å². The van der Waals surface area contributed by atoms with Gasteiger partial charge >= 0.3 is 5.69 Å². The van der Waals surface area contributed by atoms with Gasteiger partial charge in [0, 0.05) is 35.6 Å². The Balaban J connectivity index is 1.88. The van der Waals surface area contributed by atoms with Crippen LogP contribution in [0.4, 0.5) is 4.39 Å². The van der Waals surface area contributed by atoms with Gasteiger partial charge in [0.05, 0.1) is 53.2 Å². The Morgan fingerprint density at radius 3 is 2.69 bits per heavy atom. The summed E-state index contributed by atoms with van der Waals surface area (Å²) >= 11 is 1.11. The Kier molecular flexibility index (Phi) is 5.27. The summed E-state index contributed by atoms with van der Waals surface area (Å²) in [7, 11) is 1.70. The second-order valence-electron chi connectivity index (χ2n) is 7.93. The van der Waals surface area contributed by atoms with E-state index < -0.39 is 17.1 Å². The molecule has 0 bridgehead atoms. The molecule has 4 heterocycles. The zero-order valence-corrected chi connectivity index (χ0v) is 19.4. The third-order valence-electron chi connectivity index (χ3n) is 5.82. The number of benzene rings is 1. The number of nitrogens with zero attached hydrogens (tertiary/aromatic N) is 7. The van der Waals surface area contributed by atoms with Gasteiger partial charge in [-0.25, -0.2) is 13.8 Å². The van der Waals surface area contributed by atoms with Gasteiger partial charge in [0.25, 0.3) is 5.56 Å². The highest BCUT2D eigenvalue weighted by molar-refractivity contribution is 7.22. The summed E-state index contributed by atoms with van der Waals surface area (Å²) in [6.45, 7) is 1.65. The molecule has 11 heteroatoms. The number of rotatable bonds is 4. The topological polar surface area (TPSA) is 122 Å². The Hall–Kier alpha value is -4.61. The van der Waals surface area contributed by atoms with E-state index in [1.165, 1.54) is 10.8 Å². The van der Waals surface area contributed by atoms with Gasteiger partial charge in [-0.05, 0) is 30.7 Å². The molecule has 0 atom stereocenters. The maximum atomic E-state index is 14.1. The molecule has 5 rings (SSSR count). The predicted molar refractivity (Wildman–Crippen MR) is 129 cm³/mol. The number of hydrogen-bond acceptors (Lipinski definition) is 7.